The lowest BCUT2D eigenvalue weighted by atomic mass is 9.79. The van der Waals surface area contributed by atoms with Crippen LogP contribution in [0.4, 0.5) is 22.0 Å². The van der Waals surface area contributed by atoms with Crippen molar-refractivity contribution in [2.75, 3.05) is 6.61 Å². The van der Waals surface area contributed by atoms with E-state index < -0.39 is 52.5 Å². The standard InChI is InChI=1S/C13H10F5NO2/c1-3-21-12(20)13(2,4-5-19)6-7(14)9(16)11(18)10(17)8(6)15/h3-4H2,1-2H3. The second-order valence-corrected chi connectivity index (χ2v) is 4.33. The first-order valence-electron chi connectivity index (χ1n) is 5.78. The number of hydrogen-bond donors (Lipinski definition) is 0. The normalized spacial score (nSPS) is 13.4. The number of nitrogens with zero attached hydrogens (tertiary/aromatic N) is 1. The Kier molecular flexibility index (Phi) is 4.88. The van der Waals surface area contributed by atoms with Crippen LogP contribution in [0.5, 0.6) is 0 Å². The van der Waals surface area contributed by atoms with Crippen molar-refractivity contribution in [3.63, 3.8) is 0 Å². The quantitative estimate of drug-likeness (QED) is 0.372. The molecule has 0 heterocycles. The zero-order chi connectivity index (χ0) is 16.4. The molecular weight excluding hydrogens is 297 g/mol. The number of rotatable bonds is 4. The topological polar surface area (TPSA) is 50.1 Å². The summed E-state index contributed by atoms with van der Waals surface area (Å²) in [6.07, 6.45) is -0.815. The number of ether oxygens (including phenoxy) is 1. The summed E-state index contributed by atoms with van der Waals surface area (Å²) in [5, 5.41) is 8.69. The van der Waals surface area contributed by atoms with Gasteiger partial charge in [-0.15, -0.1) is 0 Å². The monoisotopic (exact) mass is 307 g/mol. The van der Waals surface area contributed by atoms with Crippen molar-refractivity contribution in [3.8, 4) is 6.07 Å². The predicted molar refractivity (Wildman–Crippen MR) is 60.4 cm³/mol. The van der Waals surface area contributed by atoms with Crippen LogP contribution in [0.3, 0.4) is 0 Å². The van der Waals surface area contributed by atoms with Gasteiger partial charge in [-0.25, -0.2) is 22.0 Å². The van der Waals surface area contributed by atoms with E-state index in [4.69, 9.17) is 5.26 Å². The van der Waals surface area contributed by atoms with Gasteiger partial charge in [-0.05, 0) is 13.8 Å². The van der Waals surface area contributed by atoms with Crippen LogP contribution in [0.25, 0.3) is 0 Å². The first-order valence-corrected chi connectivity index (χ1v) is 5.78. The molecule has 0 aliphatic rings. The van der Waals surface area contributed by atoms with Gasteiger partial charge in [0.25, 0.3) is 0 Å². The Labute approximate surface area is 116 Å². The van der Waals surface area contributed by atoms with E-state index in [1.54, 1.807) is 0 Å². The summed E-state index contributed by atoms with van der Waals surface area (Å²) in [7, 11) is 0. The third-order valence-electron chi connectivity index (χ3n) is 2.92. The van der Waals surface area contributed by atoms with Crippen LogP contribution >= 0.6 is 0 Å². The molecule has 0 saturated heterocycles. The summed E-state index contributed by atoms with van der Waals surface area (Å²) in [6, 6.07) is 1.48. The van der Waals surface area contributed by atoms with Gasteiger partial charge >= 0.3 is 5.97 Å². The van der Waals surface area contributed by atoms with Gasteiger partial charge in [0.15, 0.2) is 23.3 Å². The summed E-state index contributed by atoms with van der Waals surface area (Å²) < 4.78 is 71.6. The molecule has 1 atom stereocenters. The predicted octanol–water partition coefficient (Wildman–Crippen LogP) is 3.12. The molecule has 0 fully saturated rings. The summed E-state index contributed by atoms with van der Waals surface area (Å²) >= 11 is 0. The molecule has 1 rings (SSSR count). The molecule has 0 amide bonds. The highest BCUT2D eigenvalue weighted by Crippen LogP contribution is 2.36. The van der Waals surface area contributed by atoms with E-state index in [9.17, 15) is 26.7 Å². The molecule has 21 heavy (non-hydrogen) atoms. The van der Waals surface area contributed by atoms with Crippen molar-refractivity contribution < 1.29 is 31.5 Å². The molecule has 0 aliphatic heterocycles. The Morgan fingerprint density at radius 3 is 1.90 bits per heavy atom. The summed E-state index contributed by atoms with van der Waals surface area (Å²) in [5.41, 5.74) is -3.69. The first kappa shape index (κ1) is 16.9. The van der Waals surface area contributed by atoms with E-state index in [0.29, 0.717) is 0 Å². The molecule has 0 aromatic heterocycles. The largest absolute Gasteiger partial charge is 0.465 e. The van der Waals surface area contributed by atoms with E-state index >= 15 is 0 Å². The Hall–Kier alpha value is -2.17. The van der Waals surface area contributed by atoms with Crippen molar-refractivity contribution in [3.05, 3.63) is 34.6 Å². The minimum absolute atomic E-state index is 0.185. The fourth-order valence-corrected chi connectivity index (χ4v) is 1.80. The van der Waals surface area contributed by atoms with Crippen molar-refractivity contribution in [1.82, 2.24) is 0 Å². The summed E-state index contributed by atoms with van der Waals surface area (Å²) in [4.78, 5) is 11.8. The fraction of sp³-hybridized carbons (Fsp3) is 0.385. The molecule has 0 saturated carbocycles. The molecule has 0 radical (unpaired) electrons. The Balaban J connectivity index is 3.69. The highest BCUT2D eigenvalue weighted by molar-refractivity contribution is 5.83. The van der Waals surface area contributed by atoms with Crippen molar-refractivity contribution in [2.45, 2.75) is 25.7 Å². The van der Waals surface area contributed by atoms with Crippen molar-refractivity contribution in [2.24, 2.45) is 0 Å². The molecule has 114 valence electrons. The number of halogens is 5. The number of benzene rings is 1. The second-order valence-electron chi connectivity index (χ2n) is 4.33. The van der Waals surface area contributed by atoms with E-state index in [2.05, 4.69) is 4.74 Å². The summed E-state index contributed by atoms with van der Waals surface area (Å²) in [5.74, 6) is -12.3. The molecule has 1 aromatic rings. The molecule has 1 aromatic carbocycles. The number of esters is 1. The van der Waals surface area contributed by atoms with E-state index in [1.165, 1.54) is 13.0 Å². The van der Waals surface area contributed by atoms with Crippen LogP contribution < -0.4 is 0 Å². The molecule has 0 spiro atoms. The van der Waals surface area contributed by atoms with Crippen LogP contribution in [-0.4, -0.2) is 12.6 Å². The molecular formula is C13H10F5NO2. The molecule has 0 aliphatic carbocycles. The number of carbonyl (C=O) groups excluding carboxylic acids is 1. The Bertz CT molecular complexity index is 597. The number of nitriles is 1. The minimum atomic E-state index is -2.34. The second kappa shape index (κ2) is 6.08. The van der Waals surface area contributed by atoms with Gasteiger partial charge in [0.1, 0.15) is 5.41 Å². The van der Waals surface area contributed by atoms with E-state index in [-0.39, 0.29) is 6.61 Å². The maximum Gasteiger partial charge on any atom is 0.317 e. The first-order chi connectivity index (χ1) is 9.72. The van der Waals surface area contributed by atoms with Gasteiger partial charge in [0.2, 0.25) is 5.82 Å². The number of hydrogen-bond acceptors (Lipinski definition) is 3. The Morgan fingerprint density at radius 1 is 1.10 bits per heavy atom. The maximum atomic E-state index is 13.8. The Morgan fingerprint density at radius 2 is 1.52 bits per heavy atom. The lowest BCUT2D eigenvalue weighted by Crippen LogP contribution is -2.37. The molecule has 3 nitrogen and oxygen atoms in total. The highest BCUT2D eigenvalue weighted by Gasteiger charge is 2.44. The SMILES string of the molecule is CCOC(=O)C(C)(CC#N)c1c(F)c(F)c(F)c(F)c1F. The van der Waals surface area contributed by atoms with Gasteiger partial charge in [-0.3, -0.25) is 4.79 Å². The molecule has 1 unspecified atom stereocenters. The fourth-order valence-electron chi connectivity index (χ4n) is 1.80. The third kappa shape index (κ3) is 2.68. The van der Waals surface area contributed by atoms with Gasteiger partial charge in [-0.1, -0.05) is 0 Å². The van der Waals surface area contributed by atoms with Crippen LogP contribution in [0.2, 0.25) is 0 Å². The molecule has 8 heteroatoms. The minimum Gasteiger partial charge on any atom is -0.465 e. The lowest BCUT2D eigenvalue weighted by molar-refractivity contribution is -0.149. The average molecular weight is 307 g/mol. The zero-order valence-electron chi connectivity index (χ0n) is 11.1. The smallest absolute Gasteiger partial charge is 0.317 e. The van der Waals surface area contributed by atoms with E-state index in [0.717, 1.165) is 6.92 Å². The molecule has 0 N–H and O–H groups in total. The van der Waals surface area contributed by atoms with Crippen LogP contribution in [-0.2, 0) is 14.9 Å². The summed E-state index contributed by atoms with van der Waals surface area (Å²) in [6.45, 7) is 2.09. The van der Waals surface area contributed by atoms with Crippen molar-refractivity contribution >= 4 is 5.97 Å². The number of carbonyl (C=O) groups is 1. The average Bonchev–Trinajstić information content (AvgIpc) is 2.43. The van der Waals surface area contributed by atoms with E-state index in [1.807, 2.05) is 0 Å². The molecule has 0 bridgehead atoms. The van der Waals surface area contributed by atoms with Crippen molar-refractivity contribution in [1.29, 1.82) is 5.26 Å². The van der Waals surface area contributed by atoms with Gasteiger partial charge < -0.3 is 4.74 Å². The maximum absolute atomic E-state index is 13.8. The highest BCUT2D eigenvalue weighted by atomic mass is 19.2. The van der Waals surface area contributed by atoms with Gasteiger partial charge in [0, 0.05) is 5.56 Å². The van der Waals surface area contributed by atoms with Crippen LogP contribution in [0, 0.1) is 40.4 Å². The van der Waals surface area contributed by atoms with Crippen LogP contribution in [0.15, 0.2) is 0 Å². The zero-order valence-corrected chi connectivity index (χ0v) is 11.1. The van der Waals surface area contributed by atoms with Gasteiger partial charge in [0.05, 0.1) is 19.1 Å². The third-order valence-corrected chi connectivity index (χ3v) is 2.92. The van der Waals surface area contributed by atoms with Gasteiger partial charge in [-0.2, -0.15) is 5.26 Å². The van der Waals surface area contributed by atoms with Crippen LogP contribution in [0.1, 0.15) is 25.8 Å². The lowest BCUT2D eigenvalue weighted by Gasteiger charge is -2.26.